The number of hydrogen-bond donors (Lipinski definition) is 2. The number of H-pyrrole nitrogens is 1. The van der Waals surface area contributed by atoms with E-state index < -0.39 is 11.5 Å². The Morgan fingerprint density at radius 3 is 2.87 bits per heavy atom. The van der Waals surface area contributed by atoms with Crippen molar-refractivity contribution in [3.05, 3.63) is 39.3 Å². The van der Waals surface area contributed by atoms with Crippen LogP contribution in [0, 0.1) is 0 Å². The van der Waals surface area contributed by atoms with Crippen LogP contribution in [0.15, 0.2) is 23.1 Å². The maximum Gasteiger partial charge on any atom is 0.337 e. The molecule has 1 aromatic carbocycles. The van der Waals surface area contributed by atoms with Crippen LogP contribution in [0.2, 0.25) is 5.02 Å². The molecule has 15 heavy (non-hydrogen) atoms. The average molecular weight is 225 g/mol. The van der Waals surface area contributed by atoms with E-state index in [1.54, 1.807) is 0 Å². The molecule has 0 bridgehead atoms. The van der Waals surface area contributed by atoms with E-state index in [1.165, 1.54) is 12.1 Å². The zero-order chi connectivity index (χ0) is 11.0. The largest absolute Gasteiger partial charge is 0.478 e. The van der Waals surface area contributed by atoms with Crippen molar-refractivity contribution in [1.82, 2.24) is 9.97 Å². The maximum absolute atomic E-state index is 11.0. The number of benzene rings is 1. The second-order valence-corrected chi connectivity index (χ2v) is 3.34. The van der Waals surface area contributed by atoms with Crippen LogP contribution in [0.4, 0.5) is 0 Å². The number of carbonyl (C=O) groups is 1. The first-order chi connectivity index (χ1) is 7.08. The molecule has 2 rings (SSSR count). The number of halogens is 1. The molecule has 2 N–H and O–H groups in total. The second-order valence-electron chi connectivity index (χ2n) is 2.90. The highest BCUT2D eigenvalue weighted by molar-refractivity contribution is 6.31. The van der Waals surface area contributed by atoms with Crippen LogP contribution in [0.1, 0.15) is 10.4 Å². The first-order valence-corrected chi connectivity index (χ1v) is 4.37. The monoisotopic (exact) mass is 224 g/mol. The highest BCUT2D eigenvalue weighted by Crippen LogP contribution is 2.19. The minimum Gasteiger partial charge on any atom is -0.478 e. The molecule has 5 nitrogen and oxygen atoms in total. The predicted molar refractivity (Wildman–Crippen MR) is 54.3 cm³/mol. The van der Waals surface area contributed by atoms with E-state index in [1.807, 2.05) is 0 Å². The average Bonchev–Trinajstić information content (AvgIpc) is 2.17. The van der Waals surface area contributed by atoms with E-state index in [0.29, 0.717) is 5.52 Å². The fourth-order valence-electron chi connectivity index (χ4n) is 1.28. The first kappa shape index (κ1) is 9.67. The third-order valence-corrected chi connectivity index (χ3v) is 2.10. The lowest BCUT2D eigenvalue weighted by Gasteiger charge is -2.01. The molecule has 0 fully saturated rings. The Kier molecular flexibility index (Phi) is 2.17. The molecule has 2 aromatic rings. The lowest BCUT2D eigenvalue weighted by molar-refractivity contribution is 0.0699. The van der Waals surface area contributed by atoms with Crippen LogP contribution in [-0.2, 0) is 0 Å². The van der Waals surface area contributed by atoms with Crippen molar-refractivity contribution < 1.29 is 9.90 Å². The van der Waals surface area contributed by atoms with Crippen LogP contribution in [0.5, 0.6) is 0 Å². The van der Waals surface area contributed by atoms with Gasteiger partial charge in [0.25, 0.3) is 5.56 Å². The van der Waals surface area contributed by atoms with Gasteiger partial charge in [-0.1, -0.05) is 11.6 Å². The van der Waals surface area contributed by atoms with Crippen LogP contribution in [-0.4, -0.2) is 21.0 Å². The van der Waals surface area contributed by atoms with Gasteiger partial charge in [-0.05, 0) is 12.1 Å². The molecular weight excluding hydrogens is 220 g/mol. The molecule has 0 aliphatic heterocycles. The minimum absolute atomic E-state index is 0.0669. The summed E-state index contributed by atoms with van der Waals surface area (Å²) in [5.74, 6) is -1.16. The molecule has 0 atom stereocenters. The number of carboxylic acid groups (broad SMARTS) is 1. The summed E-state index contributed by atoms with van der Waals surface area (Å²) >= 11 is 5.71. The van der Waals surface area contributed by atoms with Gasteiger partial charge in [0.1, 0.15) is 0 Å². The highest BCUT2D eigenvalue weighted by atomic mass is 35.5. The fourth-order valence-corrected chi connectivity index (χ4v) is 1.49. The molecule has 0 unspecified atom stereocenters. The summed E-state index contributed by atoms with van der Waals surface area (Å²) in [6.07, 6.45) is 1.07. The van der Waals surface area contributed by atoms with E-state index >= 15 is 0 Å². The minimum atomic E-state index is -1.16. The quantitative estimate of drug-likeness (QED) is 0.764. The van der Waals surface area contributed by atoms with Gasteiger partial charge in [-0.3, -0.25) is 4.79 Å². The van der Waals surface area contributed by atoms with Crippen LogP contribution in [0.3, 0.4) is 0 Å². The second kappa shape index (κ2) is 3.36. The molecule has 76 valence electrons. The summed E-state index contributed by atoms with van der Waals surface area (Å²) in [6, 6.07) is 2.75. The van der Waals surface area contributed by atoms with Crippen LogP contribution in [0.25, 0.3) is 11.0 Å². The van der Waals surface area contributed by atoms with Crippen molar-refractivity contribution in [3.63, 3.8) is 0 Å². The molecule has 0 aliphatic rings. The SMILES string of the molecule is O=C(O)c1cc(Cl)cc2ncc(=O)[nH]c12. The molecular formula is C9H5ClN2O3. The smallest absolute Gasteiger partial charge is 0.337 e. The van der Waals surface area contributed by atoms with Gasteiger partial charge in [0.15, 0.2) is 0 Å². The Balaban J connectivity index is 2.94. The summed E-state index contributed by atoms with van der Waals surface area (Å²) in [7, 11) is 0. The third kappa shape index (κ3) is 1.69. The number of aromatic carboxylic acids is 1. The molecule has 1 heterocycles. The zero-order valence-electron chi connectivity index (χ0n) is 7.32. The first-order valence-electron chi connectivity index (χ1n) is 4.00. The van der Waals surface area contributed by atoms with E-state index in [0.717, 1.165) is 6.20 Å². The molecule has 0 radical (unpaired) electrons. The molecule has 0 aliphatic carbocycles. The summed E-state index contributed by atoms with van der Waals surface area (Å²) in [5, 5.41) is 9.15. The lowest BCUT2D eigenvalue weighted by atomic mass is 10.2. The van der Waals surface area contributed by atoms with Crippen molar-refractivity contribution in [2.24, 2.45) is 0 Å². The van der Waals surface area contributed by atoms with E-state index in [-0.39, 0.29) is 16.1 Å². The van der Waals surface area contributed by atoms with Crippen LogP contribution >= 0.6 is 11.6 Å². The maximum atomic E-state index is 11.0. The predicted octanol–water partition coefficient (Wildman–Crippen LogP) is 1.27. The van der Waals surface area contributed by atoms with Crippen molar-refractivity contribution in [2.75, 3.05) is 0 Å². The van der Waals surface area contributed by atoms with Crippen molar-refractivity contribution in [2.45, 2.75) is 0 Å². The molecule has 0 amide bonds. The topological polar surface area (TPSA) is 83.0 Å². The van der Waals surface area contributed by atoms with Crippen LogP contribution < -0.4 is 5.56 Å². The van der Waals surface area contributed by atoms with Gasteiger partial charge in [0.2, 0.25) is 0 Å². The molecule has 0 saturated carbocycles. The van der Waals surface area contributed by atoms with Crippen molar-refractivity contribution in [3.8, 4) is 0 Å². The number of rotatable bonds is 1. The van der Waals surface area contributed by atoms with E-state index in [2.05, 4.69) is 9.97 Å². The van der Waals surface area contributed by atoms with Gasteiger partial charge in [-0.25, -0.2) is 9.78 Å². The number of fused-ring (bicyclic) bond motifs is 1. The number of aromatic nitrogens is 2. The summed E-state index contributed by atoms with van der Waals surface area (Å²) in [6.45, 7) is 0. The number of nitrogens with one attached hydrogen (secondary N) is 1. The van der Waals surface area contributed by atoms with Gasteiger partial charge in [0.05, 0.1) is 22.8 Å². The van der Waals surface area contributed by atoms with Crippen molar-refractivity contribution in [1.29, 1.82) is 0 Å². The third-order valence-electron chi connectivity index (χ3n) is 1.88. The lowest BCUT2D eigenvalue weighted by Crippen LogP contribution is -2.08. The Labute approximate surface area is 88.3 Å². The normalized spacial score (nSPS) is 10.5. The van der Waals surface area contributed by atoms with Gasteiger partial charge < -0.3 is 10.1 Å². The molecule has 0 saturated heterocycles. The summed E-state index contributed by atoms with van der Waals surface area (Å²) in [5.41, 5.74) is 0.00826. The fraction of sp³-hybridized carbons (Fsp3) is 0. The Bertz CT molecular complexity index is 606. The Morgan fingerprint density at radius 1 is 1.47 bits per heavy atom. The number of carboxylic acids is 1. The standard InChI is InChI=1S/C9H5ClN2O3/c10-4-1-5(9(14)15)8-6(2-4)11-3-7(13)12-8/h1-3H,(H,12,13)(H,14,15). The van der Waals surface area contributed by atoms with E-state index in [9.17, 15) is 9.59 Å². The Hall–Kier alpha value is -1.88. The van der Waals surface area contributed by atoms with E-state index in [4.69, 9.17) is 16.7 Å². The van der Waals surface area contributed by atoms with Gasteiger partial charge >= 0.3 is 5.97 Å². The highest BCUT2D eigenvalue weighted by Gasteiger charge is 2.11. The van der Waals surface area contributed by atoms with Crippen molar-refractivity contribution >= 4 is 28.6 Å². The number of nitrogens with zero attached hydrogens (tertiary/aromatic N) is 1. The molecule has 0 spiro atoms. The molecule has 6 heteroatoms. The van der Waals surface area contributed by atoms with Gasteiger partial charge in [-0.15, -0.1) is 0 Å². The molecule has 1 aromatic heterocycles. The number of hydrogen-bond acceptors (Lipinski definition) is 3. The summed E-state index contributed by atoms with van der Waals surface area (Å²) < 4.78 is 0. The zero-order valence-corrected chi connectivity index (χ0v) is 8.08. The summed E-state index contributed by atoms with van der Waals surface area (Å²) in [4.78, 5) is 28.1. The Morgan fingerprint density at radius 2 is 2.20 bits per heavy atom. The number of aromatic amines is 1. The van der Waals surface area contributed by atoms with Gasteiger partial charge in [0, 0.05) is 5.02 Å². The van der Waals surface area contributed by atoms with Gasteiger partial charge in [-0.2, -0.15) is 0 Å².